The maximum Gasteiger partial charge on any atom is 0.338 e. The fourth-order valence-corrected chi connectivity index (χ4v) is 1.37. The zero-order valence-corrected chi connectivity index (χ0v) is 10.6. The number of carbonyl (C=O) groups excluding carboxylic acids is 2. The van der Waals surface area contributed by atoms with Gasteiger partial charge in [0.2, 0.25) is 0 Å². The Hall–Kier alpha value is -2.32. The molecule has 1 aromatic rings. The first kappa shape index (κ1) is 14.7. The number of methoxy groups -OCH3 is 1. The zero-order chi connectivity index (χ0) is 14.1. The predicted molar refractivity (Wildman–Crippen MR) is 69.3 cm³/mol. The van der Waals surface area contributed by atoms with Gasteiger partial charge in [0.1, 0.15) is 0 Å². The zero-order valence-electron chi connectivity index (χ0n) is 10.6. The lowest BCUT2D eigenvalue weighted by atomic mass is 10.1. The number of terminal acetylenes is 1. The number of carbonyl (C=O) groups is 2. The molecule has 1 rings (SSSR count). The molecule has 0 saturated heterocycles. The second-order valence-electron chi connectivity index (χ2n) is 3.69. The Morgan fingerprint density at radius 2 is 2.21 bits per heavy atom. The molecule has 0 bridgehead atoms. The quantitative estimate of drug-likeness (QED) is 0.606. The van der Waals surface area contributed by atoms with Gasteiger partial charge >= 0.3 is 5.97 Å². The monoisotopic (exact) mass is 261 g/mol. The van der Waals surface area contributed by atoms with Crippen molar-refractivity contribution < 1.29 is 19.1 Å². The van der Waals surface area contributed by atoms with Crippen molar-refractivity contribution in [1.29, 1.82) is 0 Å². The van der Waals surface area contributed by atoms with Crippen molar-refractivity contribution in [3.05, 3.63) is 35.4 Å². The van der Waals surface area contributed by atoms with Crippen molar-refractivity contribution in [3.63, 3.8) is 0 Å². The van der Waals surface area contributed by atoms with Crippen molar-refractivity contribution in [1.82, 2.24) is 5.32 Å². The van der Waals surface area contributed by atoms with E-state index in [1.165, 1.54) is 0 Å². The molecule has 0 spiro atoms. The molecule has 1 amide bonds. The highest BCUT2D eigenvalue weighted by Gasteiger charge is 2.10. The van der Waals surface area contributed by atoms with Gasteiger partial charge in [-0.1, -0.05) is 18.1 Å². The van der Waals surface area contributed by atoms with Crippen molar-refractivity contribution in [2.45, 2.75) is 6.61 Å². The number of nitrogens with one attached hydrogen (secondary N) is 1. The van der Waals surface area contributed by atoms with Gasteiger partial charge in [-0.3, -0.25) is 4.79 Å². The molecule has 0 aliphatic carbocycles. The normalized spacial score (nSPS) is 9.47. The Kier molecular flexibility index (Phi) is 6.13. The van der Waals surface area contributed by atoms with Crippen molar-refractivity contribution in [3.8, 4) is 12.3 Å². The van der Waals surface area contributed by atoms with Crippen LogP contribution in [0.15, 0.2) is 24.3 Å². The smallest absolute Gasteiger partial charge is 0.338 e. The number of ether oxygens (including phenoxy) is 2. The van der Waals surface area contributed by atoms with E-state index in [0.29, 0.717) is 12.2 Å². The third kappa shape index (κ3) is 5.23. The van der Waals surface area contributed by atoms with E-state index in [1.807, 2.05) is 6.07 Å². The van der Waals surface area contributed by atoms with E-state index < -0.39 is 11.9 Å². The van der Waals surface area contributed by atoms with Crippen LogP contribution in [0.4, 0.5) is 0 Å². The van der Waals surface area contributed by atoms with Crippen LogP contribution < -0.4 is 5.32 Å². The summed E-state index contributed by atoms with van der Waals surface area (Å²) in [6.07, 6.45) is 4.98. The van der Waals surface area contributed by atoms with Crippen LogP contribution in [0.5, 0.6) is 0 Å². The molecule has 1 aromatic carbocycles. The summed E-state index contributed by atoms with van der Waals surface area (Å²) in [6, 6.07) is 6.83. The first-order valence-electron chi connectivity index (χ1n) is 5.62. The molecule has 1 N–H and O–H groups in total. The number of hydrogen-bond donors (Lipinski definition) is 1. The largest absolute Gasteiger partial charge is 0.452 e. The van der Waals surface area contributed by atoms with Crippen LogP contribution in [0.2, 0.25) is 0 Å². The van der Waals surface area contributed by atoms with Gasteiger partial charge in [0.15, 0.2) is 6.61 Å². The Bertz CT molecular complexity index is 490. The van der Waals surface area contributed by atoms with Crippen LogP contribution in [-0.4, -0.2) is 32.1 Å². The Balaban J connectivity index is 2.51. The lowest BCUT2D eigenvalue weighted by Gasteiger charge is -2.06. The predicted octanol–water partition coefficient (Wildman–Crippen LogP) is 0.739. The van der Waals surface area contributed by atoms with Gasteiger partial charge in [0.05, 0.1) is 18.7 Å². The summed E-state index contributed by atoms with van der Waals surface area (Å²) < 4.78 is 9.83. The van der Waals surface area contributed by atoms with E-state index in [1.54, 1.807) is 25.3 Å². The topological polar surface area (TPSA) is 64.6 Å². The molecular weight excluding hydrogens is 246 g/mol. The fourth-order valence-electron chi connectivity index (χ4n) is 1.37. The molecule has 5 nitrogen and oxygen atoms in total. The molecule has 0 aliphatic rings. The van der Waals surface area contributed by atoms with Crippen molar-refractivity contribution in [2.75, 3.05) is 20.3 Å². The highest BCUT2D eigenvalue weighted by atomic mass is 16.5. The molecule has 0 saturated carbocycles. The molecule has 0 radical (unpaired) electrons. The van der Waals surface area contributed by atoms with E-state index >= 15 is 0 Å². The molecule has 19 heavy (non-hydrogen) atoms. The third-order valence-corrected chi connectivity index (χ3v) is 2.20. The minimum absolute atomic E-state index is 0.111. The minimum Gasteiger partial charge on any atom is -0.452 e. The average molecular weight is 261 g/mol. The summed E-state index contributed by atoms with van der Waals surface area (Å²) >= 11 is 0. The minimum atomic E-state index is -0.561. The van der Waals surface area contributed by atoms with Gasteiger partial charge in [0, 0.05) is 7.11 Å². The Labute approximate surface area is 111 Å². The molecule has 0 fully saturated rings. The van der Waals surface area contributed by atoms with Gasteiger partial charge in [-0.2, -0.15) is 0 Å². The third-order valence-electron chi connectivity index (χ3n) is 2.20. The SMILES string of the molecule is C#CCNC(=O)COC(=O)c1cccc(COC)c1. The molecular formula is C14H15NO4. The maximum atomic E-state index is 11.7. The van der Waals surface area contributed by atoms with Gasteiger partial charge in [0.25, 0.3) is 5.91 Å². The van der Waals surface area contributed by atoms with E-state index in [9.17, 15) is 9.59 Å². The molecule has 0 aliphatic heterocycles. The first-order chi connectivity index (χ1) is 9.17. The van der Waals surface area contributed by atoms with Gasteiger partial charge in [-0.15, -0.1) is 6.42 Å². The van der Waals surface area contributed by atoms with Gasteiger partial charge in [-0.25, -0.2) is 4.79 Å². The maximum absolute atomic E-state index is 11.7. The molecule has 5 heteroatoms. The average Bonchev–Trinajstić information content (AvgIpc) is 2.43. The number of rotatable bonds is 6. The van der Waals surface area contributed by atoms with E-state index in [4.69, 9.17) is 15.9 Å². The standard InChI is InChI=1S/C14H15NO4/c1-3-7-15-13(16)10-19-14(17)12-6-4-5-11(8-12)9-18-2/h1,4-6,8H,7,9-10H2,2H3,(H,15,16). The van der Waals surface area contributed by atoms with Crippen LogP contribution in [0.25, 0.3) is 0 Å². The lowest BCUT2D eigenvalue weighted by Crippen LogP contribution is -2.29. The fraction of sp³-hybridized carbons (Fsp3) is 0.286. The summed E-state index contributed by atoms with van der Waals surface area (Å²) in [5, 5.41) is 2.40. The second-order valence-corrected chi connectivity index (χ2v) is 3.69. The van der Waals surface area contributed by atoms with E-state index in [2.05, 4.69) is 11.2 Å². The van der Waals surface area contributed by atoms with E-state index in [0.717, 1.165) is 5.56 Å². The van der Waals surface area contributed by atoms with E-state index in [-0.39, 0.29) is 13.2 Å². The molecule has 0 aromatic heterocycles. The van der Waals surface area contributed by atoms with Crippen LogP contribution in [0, 0.1) is 12.3 Å². The van der Waals surface area contributed by atoms with Crippen LogP contribution in [-0.2, 0) is 20.9 Å². The van der Waals surface area contributed by atoms with Crippen LogP contribution in [0.1, 0.15) is 15.9 Å². The molecule has 0 heterocycles. The summed E-state index contributed by atoms with van der Waals surface area (Å²) in [4.78, 5) is 22.9. The van der Waals surface area contributed by atoms with Gasteiger partial charge < -0.3 is 14.8 Å². The molecule has 0 unspecified atom stereocenters. The second kappa shape index (κ2) is 7.90. The van der Waals surface area contributed by atoms with Crippen LogP contribution in [0.3, 0.4) is 0 Å². The summed E-state index contributed by atoms with van der Waals surface area (Å²) in [5.41, 5.74) is 1.23. The van der Waals surface area contributed by atoms with Crippen molar-refractivity contribution in [2.24, 2.45) is 0 Å². The Morgan fingerprint density at radius 1 is 1.42 bits per heavy atom. The summed E-state index contributed by atoms with van der Waals surface area (Å²) in [7, 11) is 1.57. The highest BCUT2D eigenvalue weighted by Crippen LogP contribution is 2.07. The number of benzene rings is 1. The van der Waals surface area contributed by atoms with Gasteiger partial charge in [-0.05, 0) is 17.7 Å². The number of hydrogen-bond acceptors (Lipinski definition) is 4. The highest BCUT2D eigenvalue weighted by molar-refractivity contribution is 5.91. The van der Waals surface area contributed by atoms with Crippen molar-refractivity contribution >= 4 is 11.9 Å². The van der Waals surface area contributed by atoms with Crippen LogP contribution >= 0.6 is 0 Å². The first-order valence-corrected chi connectivity index (χ1v) is 5.62. The molecule has 0 atom stereocenters. The molecule has 100 valence electrons. The summed E-state index contributed by atoms with van der Waals surface area (Å²) in [5.74, 6) is 1.26. The number of amides is 1. The summed E-state index contributed by atoms with van der Waals surface area (Å²) in [6.45, 7) is 0.165. The lowest BCUT2D eigenvalue weighted by molar-refractivity contribution is -0.123. The Morgan fingerprint density at radius 3 is 2.89 bits per heavy atom. The number of esters is 1.